The monoisotopic (exact) mass is 270 g/mol. The molecular formula is C12H18N2O3S. The molecule has 0 unspecified atom stereocenters. The lowest BCUT2D eigenvalue weighted by Crippen LogP contribution is -2.37. The van der Waals surface area contributed by atoms with Gasteiger partial charge in [-0.3, -0.25) is 4.79 Å². The zero-order valence-corrected chi connectivity index (χ0v) is 11.6. The highest BCUT2D eigenvalue weighted by Crippen LogP contribution is 2.14. The van der Waals surface area contributed by atoms with Crippen molar-refractivity contribution in [2.75, 3.05) is 18.5 Å². The Labute approximate surface area is 108 Å². The smallest absolute Gasteiger partial charge is 0.238 e. The van der Waals surface area contributed by atoms with Crippen molar-refractivity contribution in [3.05, 3.63) is 24.3 Å². The molecule has 0 aliphatic rings. The first kappa shape index (κ1) is 14.5. The average Bonchev–Trinajstić information content (AvgIpc) is 2.27. The Morgan fingerprint density at radius 3 is 2.22 bits per heavy atom. The van der Waals surface area contributed by atoms with Crippen LogP contribution in [0.25, 0.3) is 0 Å². The van der Waals surface area contributed by atoms with Gasteiger partial charge in [0.2, 0.25) is 5.91 Å². The van der Waals surface area contributed by atoms with E-state index in [0.717, 1.165) is 0 Å². The average molecular weight is 270 g/mol. The molecule has 100 valence electrons. The van der Waals surface area contributed by atoms with E-state index in [1.807, 2.05) is 13.8 Å². The quantitative estimate of drug-likeness (QED) is 0.825. The largest absolute Gasteiger partial charge is 0.399 e. The van der Waals surface area contributed by atoms with Crippen LogP contribution in [0, 0.1) is 0 Å². The van der Waals surface area contributed by atoms with Crippen molar-refractivity contribution in [3.8, 4) is 0 Å². The number of benzene rings is 1. The molecule has 18 heavy (non-hydrogen) atoms. The van der Waals surface area contributed by atoms with Crippen LogP contribution in [0.2, 0.25) is 0 Å². The maximum atomic E-state index is 12.0. The normalized spacial score (nSPS) is 11.6. The molecule has 1 amide bonds. The van der Waals surface area contributed by atoms with Gasteiger partial charge in [0.25, 0.3) is 0 Å². The Bertz CT molecular complexity index is 521. The lowest BCUT2D eigenvalue weighted by atomic mass is 10.3. The summed E-state index contributed by atoms with van der Waals surface area (Å²) in [7, 11) is -2.01. The van der Waals surface area contributed by atoms with E-state index in [9.17, 15) is 13.2 Å². The summed E-state index contributed by atoms with van der Waals surface area (Å²) in [5.41, 5.74) is 5.97. The van der Waals surface area contributed by atoms with Gasteiger partial charge in [-0.05, 0) is 38.1 Å². The van der Waals surface area contributed by atoms with Crippen LogP contribution >= 0.6 is 0 Å². The number of rotatable bonds is 4. The van der Waals surface area contributed by atoms with Gasteiger partial charge < -0.3 is 10.6 Å². The molecule has 6 heteroatoms. The summed E-state index contributed by atoms with van der Waals surface area (Å²) in [6.07, 6.45) is 0. The maximum Gasteiger partial charge on any atom is 0.238 e. The molecule has 0 aliphatic carbocycles. The number of amides is 1. The zero-order chi connectivity index (χ0) is 13.9. The molecule has 0 atom stereocenters. The number of hydrogen-bond donors (Lipinski definition) is 1. The molecule has 0 spiro atoms. The first-order valence-corrected chi connectivity index (χ1v) is 7.23. The molecular weight excluding hydrogens is 252 g/mol. The third-order valence-electron chi connectivity index (χ3n) is 2.72. The van der Waals surface area contributed by atoms with Crippen LogP contribution in [-0.2, 0) is 14.6 Å². The van der Waals surface area contributed by atoms with Crippen LogP contribution in [0.1, 0.15) is 13.8 Å². The summed E-state index contributed by atoms with van der Waals surface area (Å²) >= 11 is 0. The van der Waals surface area contributed by atoms with Crippen molar-refractivity contribution >= 4 is 21.4 Å². The van der Waals surface area contributed by atoms with Crippen molar-refractivity contribution in [1.82, 2.24) is 4.90 Å². The predicted molar refractivity (Wildman–Crippen MR) is 70.8 cm³/mol. The number of nitrogen functional groups attached to an aromatic ring is 1. The highest BCUT2D eigenvalue weighted by Gasteiger charge is 2.22. The lowest BCUT2D eigenvalue weighted by Gasteiger charge is -2.21. The number of sulfone groups is 1. The number of hydrogen-bond acceptors (Lipinski definition) is 4. The molecule has 0 aromatic heterocycles. The van der Waals surface area contributed by atoms with Gasteiger partial charge in [-0.25, -0.2) is 8.42 Å². The van der Waals surface area contributed by atoms with Crippen LogP contribution in [0.3, 0.4) is 0 Å². The van der Waals surface area contributed by atoms with Gasteiger partial charge in [0, 0.05) is 18.8 Å². The third kappa shape index (κ3) is 3.46. The van der Waals surface area contributed by atoms with E-state index >= 15 is 0 Å². The van der Waals surface area contributed by atoms with E-state index < -0.39 is 21.5 Å². The number of nitrogens with zero attached hydrogens (tertiary/aromatic N) is 1. The second kappa shape index (κ2) is 5.39. The minimum absolute atomic E-state index is 0.0286. The molecule has 2 N–H and O–H groups in total. The van der Waals surface area contributed by atoms with Crippen molar-refractivity contribution < 1.29 is 13.2 Å². The standard InChI is InChI=1S/C12H18N2O3S/c1-9(2)14(3)12(15)8-18(16,17)11-6-4-10(13)5-7-11/h4-7,9H,8,13H2,1-3H3. The fourth-order valence-corrected chi connectivity index (χ4v) is 2.56. The van der Waals surface area contributed by atoms with Crippen LogP contribution < -0.4 is 5.73 Å². The summed E-state index contributed by atoms with van der Waals surface area (Å²) in [5.74, 6) is -0.937. The fraction of sp³-hybridized carbons (Fsp3) is 0.417. The molecule has 0 saturated carbocycles. The SMILES string of the molecule is CC(C)N(C)C(=O)CS(=O)(=O)c1ccc(N)cc1. The van der Waals surface area contributed by atoms with Gasteiger partial charge in [0.05, 0.1) is 4.90 Å². The summed E-state index contributed by atoms with van der Waals surface area (Å²) in [6.45, 7) is 3.65. The van der Waals surface area contributed by atoms with E-state index in [0.29, 0.717) is 5.69 Å². The molecule has 0 radical (unpaired) electrons. The van der Waals surface area contributed by atoms with Crippen molar-refractivity contribution in [1.29, 1.82) is 0 Å². The lowest BCUT2D eigenvalue weighted by molar-refractivity contribution is -0.128. The van der Waals surface area contributed by atoms with E-state index in [4.69, 9.17) is 5.73 Å². The van der Waals surface area contributed by atoms with Crippen molar-refractivity contribution in [2.45, 2.75) is 24.8 Å². The molecule has 1 rings (SSSR count). The Balaban J connectivity index is 2.89. The maximum absolute atomic E-state index is 12.0. The number of anilines is 1. The van der Waals surface area contributed by atoms with Crippen molar-refractivity contribution in [3.63, 3.8) is 0 Å². The first-order chi connectivity index (χ1) is 8.24. The van der Waals surface area contributed by atoms with Crippen LogP contribution in [0.5, 0.6) is 0 Å². The zero-order valence-electron chi connectivity index (χ0n) is 10.8. The molecule has 0 aliphatic heterocycles. The van der Waals surface area contributed by atoms with Gasteiger partial charge in [-0.15, -0.1) is 0 Å². The highest BCUT2D eigenvalue weighted by atomic mass is 32.2. The van der Waals surface area contributed by atoms with Gasteiger partial charge in [0.15, 0.2) is 9.84 Å². The van der Waals surface area contributed by atoms with Gasteiger partial charge in [-0.2, -0.15) is 0 Å². The van der Waals surface area contributed by atoms with Crippen LogP contribution in [-0.4, -0.2) is 38.1 Å². The van der Waals surface area contributed by atoms with E-state index in [-0.39, 0.29) is 10.9 Å². The summed E-state index contributed by atoms with van der Waals surface area (Å²) < 4.78 is 24.0. The second-order valence-electron chi connectivity index (χ2n) is 4.43. The van der Waals surface area contributed by atoms with Gasteiger partial charge in [0.1, 0.15) is 5.75 Å². The molecule has 0 fully saturated rings. The minimum atomic E-state index is -3.60. The van der Waals surface area contributed by atoms with Crippen LogP contribution in [0.4, 0.5) is 5.69 Å². The Hall–Kier alpha value is -1.56. The summed E-state index contributed by atoms with van der Waals surface area (Å²) in [4.78, 5) is 13.3. The Kier molecular flexibility index (Phi) is 4.34. The molecule has 0 heterocycles. The second-order valence-corrected chi connectivity index (χ2v) is 6.42. The third-order valence-corrected chi connectivity index (χ3v) is 4.34. The Morgan fingerprint density at radius 2 is 1.78 bits per heavy atom. The van der Waals surface area contributed by atoms with Gasteiger partial charge >= 0.3 is 0 Å². The molecule has 0 bridgehead atoms. The number of nitrogens with two attached hydrogens (primary N) is 1. The molecule has 1 aromatic rings. The first-order valence-electron chi connectivity index (χ1n) is 5.58. The summed E-state index contributed by atoms with van der Waals surface area (Å²) in [5, 5.41) is 0. The minimum Gasteiger partial charge on any atom is -0.399 e. The van der Waals surface area contributed by atoms with Gasteiger partial charge in [-0.1, -0.05) is 0 Å². The van der Waals surface area contributed by atoms with E-state index in [1.165, 1.54) is 29.2 Å². The number of carbonyl (C=O) groups is 1. The molecule has 1 aromatic carbocycles. The molecule has 0 saturated heterocycles. The topological polar surface area (TPSA) is 80.5 Å². The van der Waals surface area contributed by atoms with E-state index in [1.54, 1.807) is 7.05 Å². The number of carbonyl (C=O) groups excluding carboxylic acids is 1. The predicted octanol–water partition coefficient (Wildman–Crippen LogP) is 0.909. The van der Waals surface area contributed by atoms with Crippen molar-refractivity contribution in [2.24, 2.45) is 0 Å². The summed E-state index contributed by atoms with van der Waals surface area (Å²) in [6, 6.07) is 5.80. The van der Waals surface area contributed by atoms with E-state index in [2.05, 4.69) is 0 Å². The van der Waals surface area contributed by atoms with Crippen LogP contribution in [0.15, 0.2) is 29.2 Å². The highest BCUT2D eigenvalue weighted by molar-refractivity contribution is 7.92. The Morgan fingerprint density at radius 1 is 1.28 bits per heavy atom. The fourth-order valence-electron chi connectivity index (χ4n) is 1.31. The molecule has 5 nitrogen and oxygen atoms in total.